The highest BCUT2D eigenvalue weighted by Crippen LogP contribution is 2.45. The summed E-state index contributed by atoms with van der Waals surface area (Å²) in [7, 11) is 0. The molecule has 0 bridgehead atoms. The van der Waals surface area contributed by atoms with Gasteiger partial charge in [-0.3, -0.25) is 4.98 Å². The molecular weight excluding hydrogens is 719 g/mol. The maximum absolute atomic E-state index is 5.34. The third kappa shape index (κ3) is 5.60. The quantitative estimate of drug-likeness (QED) is 0.170. The summed E-state index contributed by atoms with van der Waals surface area (Å²) in [5.74, 6) is 0.680. The molecule has 0 unspecified atom stereocenters. The predicted octanol–water partition coefficient (Wildman–Crippen LogP) is 14.6. The zero-order chi connectivity index (χ0) is 37.0. The van der Waals surface area contributed by atoms with Gasteiger partial charge < -0.3 is 0 Å². The SMILES string of the molecule is c1ccc(-c2nc(-c3cc(-c4cccc5c4sc4ccccc45)cc(-c4cccc5c4sc4ccccc45)c3)cc(-c3ccccc3-c3ccccn3)n2)cc1. The Morgan fingerprint density at radius 2 is 0.821 bits per heavy atom. The van der Waals surface area contributed by atoms with Crippen LogP contribution in [0.5, 0.6) is 0 Å². The predicted molar refractivity (Wildman–Crippen MR) is 238 cm³/mol. The molecule has 0 atom stereocenters. The van der Waals surface area contributed by atoms with Crippen LogP contribution < -0.4 is 0 Å². The van der Waals surface area contributed by atoms with Gasteiger partial charge in [-0.05, 0) is 70.8 Å². The van der Waals surface area contributed by atoms with Crippen molar-refractivity contribution in [1.82, 2.24) is 15.0 Å². The lowest BCUT2D eigenvalue weighted by molar-refractivity contribution is 1.18. The molecule has 0 saturated heterocycles. The molecule has 0 aliphatic heterocycles. The van der Waals surface area contributed by atoms with E-state index in [-0.39, 0.29) is 0 Å². The Morgan fingerprint density at radius 3 is 1.45 bits per heavy atom. The Bertz CT molecular complexity index is 3120. The Labute approximate surface area is 331 Å². The summed E-state index contributed by atoms with van der Waals surface area (Å²) in [6, 6.07) is 64.8. The first kappa shape index (κ1) is 32.6. The summed E-state index contributed by atoms with van der Waals surface area (Å²) >= 11 is 3.72. The number of hydrogen-bond acceptors (Lipinski definition) is 5. The summed E-state index contributed by atoms with van der Waals surface area (Å²) in [6.45, 7) is 0. The second kappa shape index (κ2) is 13.5. The van der Waals surface area contributed by atoms with Crippen LogP contribution in [0.25, 0.3) is 108 Å². The summed E-state index contributed by atoms with van der Waals surface area (Å²) in [4.78, 5) is 15.3. The van der Waals surface area contributed by atoms with E-state index >= 15 is 0 Å². The van der Waals surface area contributed by atoms with Gasteiger partial charge in [0.1, 0.15) is 0 Å². The van der Waals surface area contributed by atoms with Crippen LogP contribution in [0.15, 0.2) is 188 Å². The molecule has 0 fully saturated rings. The molecule has 7 aromatic carbocycles. The molecular formula is C51H31N3S2. The summed E-state index contributed by atoms with van der Waals surface area (Å²) in [5, 5.41) is 5.15. The summed E-state index contributed by atoms with van der Waals surface area (Å²) in [6.07, 6.45) is 1.84. The van der Waals surface area contributed by atoms with Crippen molar-refractivity contribution in [3.63, 3.8) is 0 Å². The first-order chi connectivity index (χ1) is 27.7. The number of aromatic nitrogens is 3. The third-order valence-electron chi connectivity index (χ3n) is 10.6. The minimum atomic E-state index is 0.680. The molecule has 0 amide bonds. The van der Waals surface area contributed by atoms with Crippen molar-refractivity contribution in [2.45, 2.75) is 0 Å². The van der Waals surface area contributed by atoms with Crippen LogP contribution in [0.2, 0.25) is 0 Å². The second-order valence-corrected chi connectivity index (χ2v) is 16.1. The Kier molecular flexibility index (Phi) is 7.87. The fourth-order valence-electron chi connectivity index (χ4n) is 7.94. The molecule has 0 saturated carbocycles. The van der Waals surface area contributed by atoms with E-state index in [1.54, 1.807) is 0 Å². The number of nitrogens with zero attached hydrogens (tertiary/aromatic N) is 3. The molecule has 0 spiro atoms. The van der Waals surface area contributed by atoms with E-state index in [2.05, 4.69) is 152 Å². The largest absolute Gasteiger partial charge is 0.256 e. The average molecular weight is 750 g/mol. The van der Waals surface area contributed by atoms with Gasteiger partial charge in [0.2, 0.25) is 0 Å². The molecule has 0 aliphatic rings. The molecule has 0 N–H and O–H groups in total. The van der Waals surface area contributed by atoms with Gasteiger partial charge in [-0.15, -0.1) is 22.7 Å². The zero-order valence-corrected chi connectivity index (χ0v) is 31.7. The van der Waals surface area contributed by atoms with Crippen molar-refractivity contribution >= 4 is 63.0 Å². The van der Waals surface area contributed by atoms with E-state index in [1.807, 2.05) is 59.2 Å². The van der Waals surface area contributed by atoms with E-state index in [0.29, 0.717) is 5.82 Å². The van der Waals surface area contributed by atoms with Crippen molar-refractivity contribution in [1.29, 1.82) is 0 Å². The van der Waals surface area contributed by atoms with Crippen molar-refractivity contribution in [2.75, 3.05) is 0 Å². The first-order valence-corrected chi connectivity index (χ1v) is 20.3. The number of hydrogen-bond donors (Lipinski definition) is 0. The number of pyridine rings is 1. The lowest BCUT2D eigenvalue weighted by atomic mass is 9.93. The maximum atomic E-state index is 5.34. The van der Waals surface area contributed by atoms with Crippen LogP contribution in [0.3, 0.4) is 0 Å². The molecule has 11 aromatic rings. The van der Waals surface area contributed by atoms with E-state index in [9.17, 15) is 0 Å². The van der Waals surface area contributed by atoms with Crippen molar-refractivity contribution in [2.24, 2.45) is 0 Å². The minimum absolute atomic E-state index is 0.680. The van der Waals surface area contributed by atoms with Gasteiger partial charge >= 0.3 is 0 Å². The standard InChI is InChI=1S/C51H31N3S2/c1-2-14-32(15-3-1)51-53-45(31-46(54-51)39-17-5-4-16-38(39)44-24-10-11-27-52-44)35-29-33(36-20-12-22-42-40-18-6-8-25-47(40)55-49(36)42)28-34(30-35)37-21-13-23-43-41-19-7-9-26-48(41)56-50(37)43/h1-31H. The van der Waals surface area contributed by atoms with Crippen LogP contribution in [0.4, 0.5) is 0 Å². The summed E-state index contributed by atoms with van der Waals surface area (Å²) in [5.41, 5.74) is 11.4. The maximum Gasteiger partial charge on any atom is 0.160 e. The van der Waals surface area contributed by atoms with Gasteiger partial charge in [0.15, 0.2) is 5.82 Å². The van der Waals surface area contributed by atoms with Gasteiger partial charge in [0.05, 0.1) is 17.1 Å². The fraction of sp³-hybridized carbons (Fsp3) is 0. The van der Waals surface area contributed by atoms with E-state index in [0.717, 1.165) is 50.5 Å². The smallest absolute Gasteiger partial charge is 0.160 e. The minimum Gasteiger partial charge on any atom is -0.256 e. The molecule has 11 rings (SSSR count). The average Bonchev–Trinajstić information content (AvgIpc) is 3.85. The number of thiophene rings is 2. The normalized spacial score (nSPS) is 11.6. The first-order valence-electron chi connectivity index (χ1n) is 18.7. The molecule has 4 heterocycles. The highest BCUT2D eigenvalue weighted by molar-refractivity contribution is 7.26. The molecule has 0 radical (unpaired) electrons. The van der Waals surface area contributed by atoms with Crippen LogP contribution in [-0.4, -0.2) is 15.0 Å². The van der Waals surface area contributed by atoms with Crippen LogP contribution >= 0.6 is 22.7 Å². The van der Waals surface area contributed by atoms with Crippen molar-refractivity contribution in [3.8, 4) is 67.4 Å². The zero-order valence-electron chi connectivity index (χ0n) is 30.1. The molecule has 3 nitrogen and oxygen atoms in total. The lowest BCUT2D eigenvalue weighted by Gasteiger charge is -2.15. The fourth-order valence-corrected chi connectivity index (χ4v) is 10.4. The van der Waals surface area contributed by atoms with Gasteiger partial charge in [-0.25, -0.2) is 9.97 Å². The van der Waals surface area contributed by atoms with Crippen molar-refractivity contribution in [3.05, 3.63) is 188 Å². The second-order valence-electron chi connectivity index (χ2n) is 13.9. The summed E-state index contributed by atoms with van der Waals surface area (Å²) < 4.78 is 5.16. The van der Waals surface area contributed by atoms with E-state index < -0.39 is 0 Å². The van der Waals surface area contributed by atoms with Crippen LogP contribution in [0.1, 0.15) is 0 Å². The molecule has 0 aliphatic carbocycles. The van der Waals surface area contributed by atoms with Gasteiger partial charge in [-0.1, -0.05) is 133 Å². The lowest BCUT2D eigenvalue weighted by Crippen LogP contribution is -1.98. The van der Waals surface area contributed by atoms with Gasteiger partial charge in [0.25, 0.3) is 0 Å². The van der Waals surface area contributed by atoms with Crippen LogP contribution in [-0.2, 0) is 0 Å². The van der Waals surface area contributed by atoms with Crippen molar-refractivity contribution < 1.29 is 0 Å². The Morgan fingerprint density at radius 1 is 0.321 bits per heavy atom. The number of fused-ring (bicyclic) bond motifs is 6. The Balaban J connectivity index is 1.19. The third-order valence-corrected chi connectivity index (χ3v) is 13.0. The molecule has 5 heteroatoms. The van der Waals surface area contributed by atoms with Gasteiger partial charge in [-0.2, -0.15) is 0 Å². The number of benzene rings is 7. The molecule has 262 valence electrons. The topological polar surface area (TPSA) is 38.7 Å². The van der Waals surface area contributed by atoms with Crippen LogP contribution in [0, 0.1) is 0 Å². The number of rotatable bonds is 6. The van der Waals surface area contributed by atoms with E-state index in [1.165, 1.54) is 51.5 Å². The molecule has 56 heavy (non-hydrogen) atoms. The monoisotopic (exact) mass is 749 g/mol. The van der Waals surface area contributed by atoms with E-state index in [4.69, 9.17) is 15.0 Å². The molecule has 4 aromatic heterocycles. The Hall–Kier alpha value is -6.79. The highest BCUT2D eigenvalue weighted by Gasteiger charge is 2.19. The highest BCUT2D eigenvalue weighted by atomic mass is 32.1. The van der Waals surface area contributed by atoms with Gasteiger partial charge in [0, 0.05) is 68.8 Å².